The second kappa shape index (κ2) is 10.7. The zero-order valence-corrected chi connectivity index (χ0v) is 20.1. The Kier molecular flexibility index (Phi) is 7.41. The molecule has 184 valence electrons. The summed E-state index contributed by atoms with van der Waals surface area (Å²) < 4.78 is 21.8. The number of hydrogen-bond donors (Lipinski definition) is 1. The van der Waals surface area contributed by atoms with Crippen LogP contribution in [0, 0.1) is 0 Å². The van der Waals surface area contributed by atoms with E-state index in [9.17, 15) is 14.7 Å². The number of carbonyl (C=O) groups excluding carboxylic acids is 1. The topological polar surface area (TPSA) is 98.4 Å². The highest BCUT2D eigenvalue weighted by Gasteiger charge is 2.29. The van der Waals surface area contributed by atoms with Gasteiger partial charge in [-0.2, -0.15) is 0 Å². The zero-order chi connectivity index (χ0) is 24.9. The van der Waals surface area contributed by atoms with Crippen LogP contribution >= 0.6 is 0 Å². The van der Waals surface area contributed by atoms with Crippen molar-refractivity contribution in [1.29, 1.82) is 0 Å². The summed E-state index contributed by atoms with van der Waals surface area (Å²) in [5, 5.41) is 10.7. The van der Waals surface area contributed by atoms with Crippen LogP contribution < -0.4 is 14.9 Å². The second-order valence-electron chi connectivity index (χ2n) is 8.46. The highest BCUT2D eigenvalue weighted by atomic mass is 16.5. The van der Waals surface area contributed by atoms with Crippen LogP contribution in [0.25, 0.3) is 0 Å². The number of rotatable bonds is 8. The van der Waals surface area contributed by atoms with E-state index in [4.69, 9.17) is 18.6 Å². The van der Waals surface area contributed by atoms with Crippen LogP contribution in [-0.2, 0) is 29.0 Å². The molecule has 0 saturated carbocycles. The van der Waals surface area contributed by atoms with Crippen molar-refractivity contribution in [2.75, 3.05) is 27.9 Å². The van der Waals surface area contributed by atoms with Gasteiger partial charge in [-0.25, -0.2) is 0 Å². The van der Waals surface area contributed by atoms with Crippen molar-refractivity contribution < 1.29 is 28.5 Å². The Hall–Kier alpha value is -3.78. The number of esters is 1. The smallest absolute Gasteiger partial charge is 0.306 e. The number of fused-ring (bicyclic) bond motifs is 1. The lowest BCUT2D eigenvalue weighted by atomic mass is 9.91. The molecule has 1 aromatic heterocycles. The minimum Gasteiger partial charge on any atom is -0.502 e. The normalized spacial score (nSPS) is 14.1. The fourth-order valence-corrected chi connectivity index (χ4v) is 4.48. The fourth-order valence-electron chi connectivity index (χ4n) is 4.48. The first-order chi connectivity index (χ1) is 16.9. The van der Waals surface area contributed by atoms with E-state index in [0.29, 0.717) is 29.4 Å². The summed E-state index contributed by atoms with van der Waals surface area (Å²) in [6.07, 6.45) is 0.746. The van der Waals surface area contributed by atoms with Gasteiger partial charge in [0.2, 0.25) is 11.2 Å². The Bertz CT molecular complexity index is 1270. The number of hydrogen-bond acceptors (Lipinski definition) is 8. The predicted octanol–water partition coefficient (Wildman–Crippen LogP) is 3.62. The molecule has 0 radical (unpaired) electrons. The SMILES string of the molecule is COC(=O)CC(c1ccc(OC)cc1OC)c1oc(CN2CCc3ccccc3C2)cc(=O)c1O. The highest BCUT2D eigenvalue weighted by Crippen LogP contribution is 2.39. The van der Waals surface area contributed by atoms with Crippen LogP contribution in [0.5, 0.6) is 17.2 Å². The number of carbonyl (C=O) groups is 1. The molecule has 0 fully saturated rings. The van der Waals surface area contributed by atoms with Crippen LogP contribution in [0.2, 0.25) is 0 Å². The zero-order valence-electron chi connectivity index (χ0n) is 20.1. The van der Waals surface area contributed by atoms with Crippen molar-refractivity contribution in [2.45, 2.75) is 31.8 Å². The van der Waals surface area contributed by atoms with Gasteiger partial charge >= 0.3 is 5.97 Å². The Labute approximate surface area is 203 Å². The summed E-state index contributed by atoms with van der Waals surface area (Å²) in [4.78, 5) is 27.2. The molecule has 2 aromatic carbocycles. The largest absolute Gasteiger partial charge is 0.502 e. The molecule has 1 aliphatic heterocycles. The molecule has 0 aliphatic carbocycles. The molecular weight excluding hydrogens is 450 g/mol. The standard InChI is InChI=1S/C27H29NO7/c1-32-19-8-9-21(24(13-19)33-2)22(14-25(30)34-3)27-26(31)23(29)12-20(35-27)16-28-11-10-17-6-4-5-7-18(17)15-28/h4-9,12-13,22,31H,10-11,14-16H2,1-3H3. The molecule has 0 bridgehead atoms. The number of ether oxygens (including phenoxy) is 3. The Morgan fingerprint density at radius 1 is 1.09 bits per heavy atom. The Morgan fingerprint density at radius 3 is 2.57 bits per heavy atom. The third kappa shape index (κ3) is 5.33. The molecule has 3 aromatic rings. The van der Waals surface area contributed by atoms with Crippen molar-refractivity contribution in [1.82, 2.24) is 4.90 Å². The quantitative estimate of drug-likeness (QED) is 0.489. The lowest BCUT2D eigenvalue weighted by Crippen LogP contribution is -2.30. The summed E-state index contributed by atoms with van der Waals surface area (Å²) in [6, 6.07) is 14.7. The van der Waals surface area contributed by atoms with Crippen molar-refractivity contribution in [3.63, 3.8) is 0 Å². The molecule has 8 nitrogen and oxygen atoms in total. The van der Waals surface area contributed by atoms with Gasteiger partial charge in [-0.1, -0.05) is 30.3 Å². The predicted molar refractivity (Wildman–Crippen MR) is 129 cm³/mol. The molecule has 1 unspecified atom stereocenters. The average molecular weight is 480 g/mol. The van der Waals surface area contributed by atoms with Gasteiger partial charge in [0, 0.05) is 30.8 Å². The van der Waals surface area contributed by atoms with E-state index >= 15 is 0 Å². The molecule has 1 N–H and O–H groups in total. The second-order valence-corrected chi connectivity index (χ2v) is 8.46. The Balaban J connectivity index is 1.71. The molecular formula is C27H29NO7. The summed E-state index contributed by atoms with van der Waals surface area (Å²) in [5.41, 5.74) is 2.55. The number of methoxy groups -OCH3 is 3. The summed E-state index contributed by atoms with van der Waals surface area (Å²) in [7, 11) is 4.31. The maximum Gasteiger partial charge on any atom is 0.306 e. The van der Waals surface area contributed by atoms with Crippen LogP contribution in [0.15, 0.2) is 57.7 Å². The molecule has 0 spiro atoms. The maximum absolute atomic E-state index is 12.8. The molecule has 0 saturated heterocycles. The monoisotopic (exact) mass is 479 g/mol. The first-order valence-electron chi connectivity index (χ1n) is 11.4. The van der Waals surface area contributed by atoms with Crippen LogP contribution in [0.4, 0.5) is 0 Å². The minimum absolute atomic E-state index is 0.00113. The molecule has 4 rings (SSSR count). The van der Waals surface area contributed by atoms with E-state index in [2.05, 4.69) is 17.0 Å². The third-order valence-corrected chi connectivity index (χ3v) is 6.32. The Morgan fingerprint density at radius 2 is 1.86 bits per heavy atom. The van der Waals surface area contributed by atoms with E-state index in [1.54, 1.807) is 18.2 Å². The average Bonchev–Trinajstić information content (AvgIpc) is 2.88. The van der Waals surface area contributed by atoms with Crippen molar-refractivity contribution in [3.8, 4) is 17.2 Å². The van der Waals surface area contributed by atoms with E-state index in [1.807, 2.05) is 12.1 Å². The van der Waals surface area contributed by atoms with Gasteiger partial charge < -0.3 is 23.7 Å². The van der Waals surface area contributed by atoms with E-state index in [1.165, 1.54) is 38.5 Å². The maximum atomic E-state index is 12.8. The van der Waals surface area contributed by atoms with Crippen molar-refractivity contribution in [2.24, 2.45) is 0 Å². The van der Waals surface area contributed by atoms with Gasteiger partial charge in [0.15, 0.2) is 5.76 Å². The van der Waals surface area contributed by atoms with E-state index in [-0.39, 0.29) is 12.2 Å². The summed E-state index contributed by atoms with van der Waals surface area (Å²) >= 11 is 0. The molecule has 1 aliphatic rings. The summed E-state index contributed by atoms with van der Waals surface area (Å²) in [5.74, 6) is -0.468. The number of nitrogens with zero attached hydrogens (tertiary/aromatic N) is 1. The van der Waals surface area contributed by atoms with Gasteiger partial charge in [0.25, 0.3) is 0 Å². The van der Waals surface area contributed by atoms with Gasteiger partial charge in [-0.05, 0) is 23.6 Å². The van der Waals surface area contributed by atoms with Crippen LogP contribution in [0.3, 0.4) is 0 Å². The number of benzene rings is 2. The van der Waals surface area contributed by atoms with Gasteiger partial charge in [0.05, 0.1) is 40.2 Å². The van der Waals surface area contributed by atoms with E-state index in [0.717, 1.165) is 19.5 Å². The molecule has 0 amide bonds. The highest BCUT2D eigenvalue weighted by molar-refractivity contribution is 5.71. The fraction of sp³-hybridized carbons (Fsp3) is 0.333. The first-order valence-corrected chi connectivity index (χ1v) is 11.4. The third-order valence-electron chi connectivity index (χ3n) is 6.32. The van der Waals surface area contributed by atoms with Gasteiger partial charge in [-0.3, -0.25) is 14.5 Å². The molecule has 2 heterocycles. The number of aromatic hydroxyl groups is 1. The van der Waals surface area contributed by atoms with Gasteiger partial charge in [-0.15, -0.1) is 0 Å². The van der Waals surface area contributed by atoms with E-state index < -0.39 is 23.1 Å². The van der Waals surface area contributed by atoms with Crippen molar-refractivity contribution >= 4 is 5.97 Å². The first kappa shape index (κ1) is 24.3. The minimum atomic E-state index is -0.807. The lowest BCUT2D eigenvalue weighted by molar-refractivity contribution is -0.140. The molecule has 35 heavy (non-hydrogen) atoms. The van der Waals surface area contributed by atoms with Crippen LogP contribution in [-0.4, -0.2) is 43.8 Å². The van der Waals surface area contributed by atoms with Crippen LogP contribution in [0.1, 0.15) is 40.5 Å². The summed E-state index contributed by atoms with van der Waals surface area (Å²) in [6.45, 7) is 1.93. The van der Waals surface area contributed by atoms with Gasteiger partial charge in [0.1, 0.15) is 17.3 Å². The van der Waals surface area contributed by atoms with Crippen molar-refractivity contribution in [3.05, 3.63) is 87.0 Å². The lowest BCUT2D eigenvalue weighted by Gasteiger charge is -2.28. The molecule has 8 heteroatoms. The molecule has 1 atom stereocenters.